The van der Waals surface area contributed by atoms with Gasteiger partial charge < -0.3 is 23.2 Å². The van der Waals surface area contributed by atoms with Crippen LogP contribution in [0, 0.1) is 17.4 Å². The lowest BCUT2D eigenvalue weighted by Gasteiger charge is -2.18. The van der Waals surface area contributed by atoms with E-state index in [0.717, 1.165) is 21.2 Å². The summed E-state index contributed by atoms with van der Waals surface area (Å²) in [6, 6.07) is 19.1. The van der Waals surface area contributed by atoms with Crippen molar-refractivity contribution in [3.05, 3.63) is 92.7 Å². The summed E-state index contributed by atoms with van der Waals surface area (Å²) in [4.78, 5) is 12.6. The van der Waals surface area contributed by atoms with Crippen molar-refractivity contribution in [3.8, 4) is 22.9 Å². The highest BCUT2D eigenvalue weighted by Crippen LogP contribution is 2.35. The second-order valence-corrected chi connectivity index (χ2v) is 10.5. The Morgan fingerprint density at radius 3 is 2.45 bits per heavy atom. The van der Waals surface area contributed by atoms with Crippen molar-refractivity contribution in [1.82, 2.24) is 9.99 Å². The summed E-state index contributed by atoms with van der Waals surface area (Å²) in [5, 5.41) is 4.09. The van der Waals surface area contributed by atoms with Crippen LogP contribution < -0.4 is 19.6 Å². The quantitative estimate of drug-likeness (QED) is 0.0991. The molecule has 8 nitrogen and oxygen atoms in total. The molecule has 4 rings (SSSR count). The molecule has 0 fully saturated rings. The summed E-state index contributed by atoms with van der Waals surface area (Å²) in [6.45, 7) is 10.9. The minimum atomic E-state index is -0.458. The van der Waals surface area contributed by atoms with Gasteiger partial charge in [0.05, 0.1) is 22.5 Å². The number of nitrogens with one attached hydrogen (secondary N) is 1. The topological polar surface area (TPSA) is 87.2 Å². The molecule has 40 heavy (non-hydrogen) atoms. The van der Waals surface area contributed by atoms with Gasteiger partial charge in [0.1, 0.15) is 18.1 Å². The van der Waals surface area contributed by atoms with Crippen LogP contribution in [0.2, 0.25) is 0 Å². The van der Waals surface area contributed by atoms with E-state index in [9.17, 15) is 4.79 Å². The molecule has 2 heterocycles. The first kappa shape index (κ1) is 29.3. The number of hydrazone groups is 1. The number of amides is 1. The molecule has 1 amide bonds. The molecule has 0 saturated carbocycles. The van der Waals surface area contributed by atoms with Gasteiger partial charge in [-0.3, -0.25) is 4.79 Å². The number of benzene rings is 2. The fourth-order valence-corrected chi connectivity index (χ4v) is 4.80. The Balaban J connectivity index is 1.33. The molecule has 0 radical (unpaired) electrons. The van der Waals surface area contributed by atoms with Gasteiger partial charge in [-0.05, 0) is 123 Å². The summed E-state index contributed by atoms with van der Waals surface area (Å²) >= 11 is 2.21. The van der Waals surface area contributed by atoms with E-state index in [4.69, 9.17) is 18.6 Å². The van der Waals surface area contributed by atoms with Crippen LogP contribution in [0.4, 0.5) is 0 Å². The molecule has 0 unspecified atom stereocenters. The van der Waals surface area contributed by atoms with Crippen molar-refractivity contribution in [2.24, 2.45) is 5.10 Å². The summed E-state index contributed by atoms with van der Waals surface area (Å²) in [5.74, 6) is 2.28. The highest BCUT2D eigenvalue weighted by molar-refractivity contribution is 14.1. The number of rotatable bonds is 12. The first-order valence-corrected chi connectivity index (χ1v) is 14.3. The van der Waals surface area contributed by atoms with Gasteiger partial charge in [-0.15, -0.1) is 0 Å². The molecule has 0 spiro atoms. The van der Waals surface area contributed by atoms with Gasteiger partial charge in [-0.25, -0.2) is 5.43 Å². The predicted molar refractivity (Wildman–Crippen MR) is 164 cm³/mol. The van der Waals surface area contributed by atoms with Gasteiger partial charge in [-0.2, -0.15) is 5.10 Å². The molecule has 0 saturated heterocycles. The summed E-state index contributed by atoms with van der Waals surface area (Å²) in [5.41, 5.74) is 6.70. The van der Waals surface area contributed by atoms with Crippen LogP contribution in [-0.4, -0.2) is 29.4 Å². The van der Waals surface area contributed by atoms with Crippen molar-refractivity contribution in [2.75, 3.05) is 6.61 Å². The van der Waals surface area contributed by atoms with E-state index < -0.39 is 5.91 Å². The molecule has 2 aromatic carbocycles. The van der Waals surface area contributed by atoms with Crippen LogP contribution in [0.5, 0.6) is 17.2 Å². The molecule has 0 aliphatic rings. The average Bonchev–Trinajstić information content (AvgIpc) is 3.56. The number of aromatic nitrogens is 1. The molecule has 210 valence electrons. The number of hydrogen-bond acceptors (Lipinski definition) is 6. The minimum Gasteiger partial charge on any atom is -0.490 e. The number of carbonyl (C=O) groups is 1. The van der Waals surface area contributed by atoms with Crippen molar-refractivity contribution < 1.29 is 23.4 Å². The van der Waals surface area contributed by atoms with Gasteiger partial charge in [0, 0.05) is 17.1 Å². The average molecular weight is 656 g/mol. The minimum absolute atomic E-state index is 0.0689. The fourth-order valence-electron chi connectivity index (χ4n) is 4.04. The van der Waals surface area contributed by atoms with E-state index in [0.29, 0.717) is 29.6 Å². The molecule has 1 N–H and O–H groups in total. The number of hydrogen-bond donors (Lipinski definition) is 1. The largest absolute Gasteiger partial charge is 0.490 e. The maximum Gasteiger partial charge on any atom is 0.307 e. The second kappa shape index (κ2) is 13.6. The van der Waals surface area contributed by atoms with Gasteiger partial charge >= 0.3 is 5.91 Å². The van der Waals surface area contributed by atoms with Crippen LogP contribution in [0.1, 0.15) is 60.5 Å². The zero-order valence-electron chi connectivity index (χ0n) is 23.4. The van der Waals surface area contributed by atoms with Crippen LogP contribution in [0.15, 0.2) is 70.2 Å². The summed E-state index contributed by atoms with van der Waals surface area (Å²) < 4.78 is 26.4. The lowest BCUT2D eigenvalue weighted by atomic mass is 10.2. The molecule has 4 aromatic rings. The van der Waals surface area contributed by atoms with E-state index in [1.165, 1.54) is 11.4 Å². The molecule has 2 aromatic heterocycles. The molecular formula is C31H34IN3O5. The van der Waals surface area contributed by atoms with Crippen LogP contribution >= 0.6 is 22.6 Å². The number of ether oxygens (including phenoxy) is 3. The smallest absolute Gasteiger partial charge is 0.307 e. The maximum absolute atomic E-state index is 12.6. The molecule has 0 aliphatic carbocycles. The number of nitrogens with zero attached hydrogens (tertiary/aromatic N) is 2. The molecule has 9 heteroatoms. The number of halogens is 1. The van der Waals surface area contributed by atoms with Crippen molar-refractivity contribution >= 4 is 34.7 Å². The third-order valence-electron chi connectivity index (χ3n) is 6.24. The zero-order chi connectivity index (χ0) is 28.6. The summed E-state index contributed by atoms with van der Waals surface area (Å²) in [7, 11) is 0. The Hall–Kier alpha value is -3.73. The molecular weight excluding hydrogens is 621 g/mol. The van der Waals surface area contributed by atoms with Crippen molar-refractivity contribution in [1.29, 1.82) is 0 Å². The number of aryl methyl sites for hydroxylation is 2. The van der Waals surface area contributed by atoms with Crippen LogP contribution in [-0.2, 0) is 6.61 Å². The Kier molecular flexibility index (Phi) is 9.92. The molecule has 1 atom stereocenters. The molecule has 0 bridgehead atoms. The Bertz CT molecular complexity index is 1450. The van der Waals surface area contributed by atoms with Crippen molar-refractivity contribution in [2.45, 2.75) is 53.8 Å². The number of carbonyl (C=O) groups excluding carboxylic acids is 1. The summed E-state index contributed by atoms with van der Waals surface area (Å²) in [6.07, 6.45) is 2.52. The van der Waals surface area contributed by atoms with Crippen LogP contribution in [0.3, 0.4) is 0 Å². The van der Waals surface area contributed by atoms with E-state index in [-0.39, 0.29) is 18.5 Å². The van der Waals surface area contributed by atoms with E-state index in [2.05, 4.69) is 70.6 Å². The van der Waals surface area contributed by atoms with E-state index in [1.807, 2.05) is 50.2 Å². The van der Waals surface area contributed by atoms with Gasteiger partial charge in [-0.1, -0.05) is 6.92 Å². The highest BCUT2D eigenvalue weighted by atomic mass is 127. The predicted octanol–water partition coefficient (Wildman–Crippen LogP) is 7.21. The normalized spacial score (nSPS) is 11.9. The number of furan rings is 1. The van der Waals surface area contributed by atoms with Gasteiger partial charge in [0.15, 0.2) is 17.3 Å². The zero-order valence-corrected chi connectivity index (χ0v) is 25.5. The van der Waals surface area contributed by atoms with Gasteiger partial charge in [0.25, 0.3) is 0 Å². The lowest BCUT2D eigenvalue weighted by molar-refractivity contribution is 0.0923. The lowest BCUT2D eigenvalue weighted by Crippen LogP contribution is -2.17. The first-order chi connectivity index (χ1) is 19.3. The first-order valence-electron chi connectivity index (χ1n) is 13.2. The highest BCUT2D eigenvalue weighted by Gasteiger charge is 2.15. The second-order valence-electron chi connectivity index (χ2n) is 9.30. The Labute approximate surface area is 248 Å². The Morgan fingerprint density at radius 2 is 1.77 bits per heavy atom. The van der Waals surface area contributed by atoms with Crippen molar-refractivity contribution in [3.63, 3.8) is 0 Å². The maximum atomic E-state index is 12.6. The van der Waals surface area contributed by atoms with Crippen LogP contribution in [0.25, 0.3) is 5.69 Å². The fraction of sp³-hybridized carbons (Fsp3) is 0.290. The Morgan fingerprint density at radius 1 is 1.05 bits per heavy atom. The monoisotopic (exact) mass is 655 g/mol. The SMILES string of the molecule is CCOc1cc(/C=N/NC(=O)c2ccc(COc3ccc(-n4c(C)ccc4C)cc3)o2)cc(I)c1O[C@@H](C)CC. The molecule has 0 aliphatic heterocycles. The third kappa shape index (κ3) is 7.26. The van der Waals surface area contributed by atoms with E-state index in [1.54, 1.807) is 18.3 Å². The van der Waals surface area contributed by atoms with Gasteiger partial charge in [0.2, 0.25) is 0 Å². The standard InChI is InChI=1S/C31H34IN3O5/c1-6-22(5)39-30-27(32)16-23(17-29(30)37-7-2)18-33-34-31(36)28-15-14-26(40-28)19-38-25-12-10-24(11-13-25)35-20(3)8-9-21(35)4/h8-18,22H,6-7,19H2,1-5H3,(H,34,36)/b33-18+/t22-/m0/s1. The third-order valence-corrected chi connectivity index (χ3v) is 7.04. The van der Waals surface area contributed by atoms with E-state index >= 15 is 0 Å².